The number of carbonyl (C=O) groups excluding carboxylic acids is 1. The van der Waals surface area contributed by atoms with Crippen LogP contribution < -0.4 is 20.0 Å². The molecule has 8 heteroatoms. The molecule has 1 N–H and O–H groups in total. The van der Waals surface area contributed by atoms with E-state index in [0.29, 0.717) is 23.2 Å². The van der Waals surface area contributed by atoms with Crippen LogP contribution in [0.1, 0.15) is 13.3 Å². The second-order valence-electron chi connectivity index (χ2n) is 8.47. The van der Waals surface area contributed by atoms with Crippen molar-refractivity contribution in [3.8, 4) is 16.9 Å². The minimum Gasteiger partial charge on any atom is -0.483 e. The third-order valence-corrected chi connectivity index (χ3v) is 6.49. The number of hydrogen-bond acceptors (Lipinski definition) is 6. The standard InChI is InChI=1S/C23H26FN5O2/c1-14-23(30)26-25-22-13-31-21-10-17(16-6-4-5-7-18(16)24)19(11-20(21)29(14)22)28(3)15-8-9-27(2)12-15/h4-7,10-11,14-15H,8-9,12-13H2,1-3H3,(H,26,30)/t14-,15?/m1/s1. The van der Waals surface area contributed by atoms with Gasteiger partial charge in [0, 0.05) is 36.4 Å². The maximum atomic E-state index is 14.8. The van der Waals surface area contributed by atoms with Gasteiger partial charge in [0.15, 0.2) is 5.84 Å². The van der Waals surface area contributed by atoms with Crippen LogP contribution in [0, 0.1) is 5.82 Å². The summed E-state index contributed by atoms with van der Waals surface area (Å²) in [6, 6.07) is 10.6. The number of amides is 1. The second-order valence-corrected chi connectivity index (χ2v) is 8.47. The van der Waals surface area contributed by atoms with E-state index >= 15 is 0 Å². The van der Waals surface area contributed by atoms with E-state index in [9.17, 15) is 9.18 Å². The average molecular weight is 423 g/mol. The van der Waals surface area contributed by atoms with Crippen molar-refractivity contribution in [3.63, 3.8) is 0 Å². The number of anilines is 2. The number of amidine groups is 1. The van der Waals surface area contributed by atoms with Crippen LogP contribution in [0.4, 0.5) is 15.8 Å². The lowest BCUT2D eigenvalue weighted by Crippen LogP contribution is -2.55. The number of rotatable bonds is 3. The van der Waals surface area contributed by atoms with Gasteiger partial charge in [0.2, 0.25) is 0 Å². The molecule has 3 aliphatic rings. The van der Waals surface area contributed by atoms with Gasteiger partial charge in [0.1, 0.15) is 24.2 Å². The lowest BCUT2D eigenvalue weighted by atomic mass is 9.98. The highest BCUT2D eigenvalue weighted by molar-refractivity contribution is 6.10. The molecule has 0 radical (unpaired) electrons. The van der Waals surface area contributed by atoms with Crippen molar-refractivity contribution in [3.05, 3.63) is 42.2 Å². The summed E-state index contributed by atoms with van der Waals surface area (Å²) >= 11 is 0. The Balaban J connectivity index is 1.67. The van der Waals surface area contributed by atoms with Crippen molar-refractivity contribution < 1.29 is 13.9 Å². The number of likely N-dealkylation sites (N-methyl/N-ethyl adjacent to an activating group) is 2. The van der Waals surface area contributed by atoms with E-state index in [-0.39, 0.29) is 18.3 Å². The molecule has 1 fully saturated rings. The molecule has 1 unspecified atom stereocenters. The van der Waals surface area contributed by atoms with Crippen LogP contribution in [-0.2, 0) is 4.79 Å². The molecule has 3 heterocycles. The van der Waals surface area contributed by atoms with Gasteiger partial charge in [-0.3, -0.25) is 4.79 Å². The number of halogens is 1. The molecular formula is C23H26FN5O2. The van der Waals surface area contributed by atoms with Crippen molar-refractivity contribution in [1.82, 2.24) is 10.3 Å². The molecule has 2 aromatic rings. The monoisotopic (exact) mass is 423 g/mol. The zero-order chi connectivity index (χ0) is 21.7. The van der Waals surface area contributed by atoms with Gasteiger partial charge in [0.05, 0.1) is 5.69 Å². The molecule has 5 rings (SSSR count). The molecule has 0 aromatic heterocycles. The van der Waals surface area contributed by atoms with Gasteiger partial charge in [-0.25, -0.2) is 9.82 Å². The van der Waals surface area contributed by atoms with Crippen molar-refractivity contribution in [1.29, 1.82) is 0 Å². The van der Waals surface area contributed by atoms with Crippen LogP contribution in [0.25, 0.3) is 11.1 Å². The minimum absolute atomic E-state index is 0.165. The Kier molecular flexibility index (Phi) is 4.81. The first-order valence-electron chi connectivity index (χ1n) is 10.6. The smallest absolute Gasteiger partial charge is 0.262 e. The molecule has 0 saturated carbocycles. The molecular weight excluding hydrogens is 397 g/mol. The highest BCUT2D eigenvalue weighted by Gasteiger charge is 2.37. The molecule has 31 heavy (non-hydrogen) atoms. The molecule has 0 aliphatic carbocycles. The fourth-order valence-corrected chi connectivity index (χ4v) is 4.67. The predicted molar refractivity (Wildman–Crippen MR) is 119 cm³/mol. The van der Waals surface area contributed by atoms with Crippen molar-refractivity contribution in [2.45, 2.75) is 25.4 Å². The van der Waals surface area contributed by atoms with E-state index in [0.717, 1.165) is 36.4 Å². The summed E-state index contributed by atoms with van der Waals surface area (Å²) in [7, 11) is 4.17. The van der Waals surface area contributed by atoms with E-state index < -0.39 is 6.04 Å². The summed E-state index contributed by atoms with van der Waals surface area (Å²) in [4.78, 5) is 18.7. The fourth-order valence-electron chi connectivity index (χ4n) is 4.67. The topological polar surface area (TPSA) is 60.4 Å². The van der Waals surface area contributed by atoms with Crippen LogP contribution in [0.5, 0.6) is 5.75 Å². The first-order valence-corrected chi connectivity index (χ1v) is 10.6. The summed E-state index contributed by atoms with van der Waals surface area (Å²) < 4.78 is 20.8. The van der Waals surface area contributed by atoms with Crippen LogP contribution in [0.2, 0.25) is 0 Å². The number of ether oxygens (including phenoxy) is 1. The number of benzene rings is 2. The SMILES string of the molecule is C[C@@H]1C(=O)NN=C2COc3cc(-c4ccccc4F)c(N(C)C4CCN(C)C4)cc3N21. The number of nitrogens with one attached hydrogen (secondary N) is 1. The zero-order valence-corrected chi connectivity index (χ0v) is 17.9. The maximum Gasteiger partial charge on any atom is 0.262 e. The second kappa shape index (κ2) is 7.53. The molecule has 2 aromatic carbocycles. The Morgan fingerprint density at radius 3 is 2.81 bits per heavy atom. The maximum absolute atomic E-state index is 14.8. The summed E-state index contributed by atoms with van der Waals surface area (Å²) in [5.74, 6) is 0.846. The number of carbonyl (C=O) groups is 1. The van der Waals surface area contributed by atoms with E-state index in [1.54, 1.807) is 12.1 Å². The average Bonchev–Trinajstić information content (AvgIpc) is 3.21. The molecule has 3 aliphatic heterocycles. The van der Waals surface area contributed by atoms with Crippen molar-refractivity contribution >= 4 is 23.1 Å². The Morgan fingerprint density at radius 1 is 1.26 bits per heavy atom. The largest absolute Gasteiger partial charge is 0.483 e. The van der Waals surface area contributed by atoms with Crippen LogP contribution in [0.3, 0.4) is 0 Å². The lowest BCUT2D eigenvalue weighted by molar-refractivity contribution is -0.122. The highest BCUT2D eigenvalue weighted by Crippen LogP contribution is 2.44. The molecule has 7 nitrogen and oxygen atoms in total. The number of likely N-dealkylation sites (tertiary alicyclic amines) is 1. The number of fused-ring (bicyclic) bond motifs is 3. The quantitative estimate of drug-likeness (QED) is 0.823. The Hall–Kier alpha value is -3.13. The Morgan fingerprint density at radius 2 is 2.06 bits per heavy atom. The Bertz CT molecular complexity index is 1070. The van der Waals surface area contributed by atoms with E-state index in [2.05, 4.69) is 34.4 Å². The predicted octanol–water partition coefficient (Wildman–Crippen LogP) is 2.66. The first kappa shape index (κ1) is 19.8. The number of hydrogen-bond donors (Lipinski definition) is 1. The van der Waals surface area contributed by atoms with Gasteiger partial charge in [-0.15, -0.1) is 0 Å². The number of hydrazone groups is 1. The molecule has 1 amide bonds. The van der Waals surface area contributed by atoms with Gasteiger partial charge < -0.3 is 19.4 Å². The fraction of sp³-hybridized carbons (Fsp3) is 0.391. The minimum atomic E-state index is -0.412. The Labute approximate surface area is 181 Å². The zero-order valence-electron chi connectivity index (χ0n) is 17.9. The highest BCUT2D eigenvalue weighted by atomic mass is 19.1. The van der Waals surface area contributed by atoms with Crippen molar-refractivity contribution in [2.24, 2.45) is 5.10 Å². The summed E-state index contributed by atoms with van der Waals surface area (Å²) in [5.41, 5.74) is 5.56. The molecule has 162 valence electrons. The molecule has 0 bridgehead atoms. The van der Waals surface area contributed by atoms with Gasteiger partial charge in [-0.2, -0.15) is 5.10 Å². The van der Waals surface area contributed by atoms with Gasteiger partial charge in [-0.1, -0.05) is 18.2 Å². The van der Waals surface area contributed by atoms with Gasteiger partial charge in [-0.05, 0) is 45.1 Å². The van der Waals surface area contributed by atoms with Gasteiger partial charge >= 0.3 is 0 Å². The third kappa shape index (κ3) is 3.31. The summed E-state index contributed by atoms with van der Waals surface area (Å²) in [5, 5.41) is 4.18. The van der Waals surface area contributed by atoms with E-state index in [1.807, 2.05) is 30.0 Å². The van der Waals surface area contributed by atoms with Gasteiger partial charge in [0.25, 0.3) is 5.91 Å². The third-order valence-electron chi connectivity index (χ3n) is 6.49. The molecule has 0 spiro atoms. The first-order chi connectivity index (χ1) is 14.9. The van der Waals surface area contributed by atoms with Crippen LogP contribution in [0.15, 0.2) is 41.5 Å². The summed E-state index contributed by atoms with van der Waals surface area (Å²) in [6.45, 7) is 4.06. The van der Waals surface area contributed by atoms with E-state index in [4.69, 9.17) is 4.74 Å². The summed E-state index contributed by atoms with van der Waals surface area (Å²) in [6.07, 6.45) is 1.03. The van der Waals surface area contributed by atoms with Crippen LogP contribution >= 0.6 is 0 Å². The number of nitrogens with zero attached hydrogens (tertiary/aromatic N) is 4. The lowest BCUT2D eigenvalue weighted by Gasteiger charge is -2.39. The van der Waals surface area contributed by atoms with Crippen LogP contribution in [-0.4, -0.2) is 62.5 Å². The molecule has 1 saturated heterocycles. The molecule has 2 atom stereocenters. The van der Waals surface area contributed by atoms with E-state index in [1.165, 1.54) is 6.07 Å². The normalized spacial score (nSPS) is 22.9. The van der Waals surface area contributed by atoms with Crippen molar-refractivity contribution in [2.75, 3.05) is 43.6 Å².